The van der Waals surface area contributed by atoms with Gasteiger partial charge in [-0.2, -0.15) is 0 Å². The van der Waals surface area contributed by atoms with E-state index in [1.807, 2.05) is 11.0 Å². The number of hydrogen-bond acceptors (Lipinski definition) is 9. The van der Waals surface area contributed by atoms with Gasteiger partial charge in [-0.05, 0) is 38.5 Å². The van der Waals surface area contributed by atoms with Crippen LogP contribution < -0.4 is 5.56 Å². The summed E-state index contributed by atoms with van der Waals surface area (Å²) in [5, 5.41) is 10.8. The second kappa shape index (κ2) is 11.4. The van der Waals surface area contributed by atoms with E-state index >= 15 is 0 Å². The number of aliphatic hydroxyl groups excluding tert-OH is 1. The van der Waals surface area contributed by atoms with Crippen molar-refractivity contribution < 1.29 is 23.8 Å². The van der Waals surface area contributed by atoms with Crippen molar-refractivity contribution in [1.82, 2.24) is 14.9 Å². The van der Waals surface area contributed by atoms with Crippen LogP contribution in [0.2, 0.25) is 0 Å². The summed E-state index contributed by atoms with van der Waals surface area (Å²) in [6.45, 7) is 10.3. The molecule has 0 spiro atoms. The molecule has 0 aromatic carbocycles. The monoisotopic (exact) mass is 475 g/mol. The maximum atomic E-state index is 12.8. The molecule has 2 N–H and O–H groups in total. The molecule has 3 aromatic rings. The van der Waals surface area contributed by atoms with Gasteiger partial charge in [0.15, 0.2) is 0 Å². The highest BCUT2D eigenvalue weighted by molar-refractivity contribution is 7.20. The first-order valence-electron chi connectivity index (χ1n) is 10.6. The zero-order chi connectivity index (χ0) is 24.0. The Balaban J connectivity index is 1.84. The first-order valence-corrected chi connectivity index (χ1v) is 11.4. The van der Waals surface area contributed by atoms with Crippen LogP contribution >= 0.6 is 11.3 Å². The van der Waals surface area contributed by atoms with Gasteiger partial charge >= 0.3 is 5.97 Å². The Morgan fingerprint density at radius 3 is 2.88 bits per heavy atom. The van der Waals surface area contributed by atoms with E-state index in [0.29, 0.717) is 45.4 Å². The predicted octanol–water partition coefficient (Wildman–Crippen LogP) is 3.02. The number of carbonyl (C=O) groups is 1. The van der Waals surface area contributed by atoms with Crippen LogP contribution in [-0.4, -0.2) is 57.9 Å². The van der Waals surface area contributed by atoms with E-state index < -0.39 is 12.1 Å². The fourth-order valence-corrected chi connectivity index (χ4v) is 4.47. The number of rotatable bonds is 12. The summed E-state index contributed by atoms with van der Waals surface area (Å²) in [5.74, 6) is 0.667. The number of esters is 1. The molecule has 0 saturated heterocycles. The molecular formula is C23H29N3O6S. The van der Waals surface area contributed by atoms with Crippen LogP contribution in [0.1, 0.15) is 40.7 Å². The second-order valence-corrected chi connectivity index (χ2v) is 8.93. The third-order valence-corrected chi connectivity index (χ3v) is 5.89. The number of hydrogen-bond donors (Lipinski definition) is 2. The molecule has 0 bridgehead atoms. The summed E-state index contributed by atoms with van der Waals surface area (Å²) in [6, 6.07) is 3.62. The van der Waals surface area contributed by atoms with Crippen molar-refractivity contribution in [1.29, 1.82) is 0 Å². The van der Waals surface area contributed by atoms with Crippen LogP contribution in [0.5, 0.6) is 0 Å². The number of ether oxygens (including phenoxy) is 2. The molecule has 3 aromatic heterocycles. The molecule has 3 heterocycles. The highest BCUT2D eigenvalue weighted by Crippen LogP contribution is 2.28. The van der Waals surface area contributed by atoms with Crippen molar-refractivity contribution >= 4 is 27.5 Å². The van der Waals surface area contributed by atoms with Crippen LogP contribution in [0.4, 0.5) is 0 Å². The Kier molecular flexibility index (Phi) is 8.56. The average Bonchev–Trinajstić information content (AvgIpc) is 3.35. The minimum atomic E-state index is -0.753. The van der Waals surface area contributed by atoms with Crippen LogP contribution in [-0.2, 0) is 22.6 Å². The van der Waals surface area contributed by atoms with E-state index in [1.165, 1.54) is 0 Å². The molecule has 1 atom stereocenters. The van der Waals surface area contributed by atoms with Crippen molar-refractivity contribution in [2.45, 2.75) is 46.1 Å². The van der Waals surface area contributed by atoms with Crippen molar-refractivity contribution in [3.63, 3.8) is 0 Å². The molecule has 0 amide bonds. The molecule has 3 rings (SSSR count). The lowest BCUT2D eigenvalue weighted by Gasteiger charge is -2.23. The van der Waals surface area contributed by atoms with E-state index in [2.05, 4.69) is 16.5 Å². The number of nitrogens with one attached hydrogen (secondary N) is 1. The number of aromatic amines is 1. The summed E-state index contributed by atoms with van der Waals surface area (Å²) in [4.78, 5) is 35.4. The van der Waals surface area contributed by atoms with Crippen molar-refractivity contribution in [2.75, 3.05) is 19.8 Å². The number of aryl methyl sites for hydroxylation is 1. The fourth-order valence-electron chi connectivity index (χ4n) is 3.38. The molecule has 0 aliphatic heterocycles. The second-order valence-electron chi connectivity index (χ2n) is 7.93. The highest BCUT2D eigenvalue weighted by Gasteiger charge is 2.22. The van der Waals surface area contributed by atoms with Crippen LogP contribution in [0, 0.1) is 6.92 Å². The normalized spacial score (nSPS) is 12.5. The molecular weight excluding hydrogens is 446 g/mol. The Morgan fingerprint density at radius 1 is 1.42 bits per heavy atom. The van der Waals surface area contributed by atoms with Gasteiger partial charge in [-0.25, -0.2) is 9.78 Å². The van der Waals surface area contributed by atoms with Gasteiger partial charge in [0.25, 0.3) is 5.56 Å². The van der Waals surface area contributed by atoms with E-state index in [1.54, 1.807) is 39.2 Å². The first kappa shape index (κ1) is 24.8. The molecule has 0 fully saturated rings. The fraction of sp³-hybridized carbons (Fsp3) is 0.435. The number of fused-ring (bicyclic) bond motifs is 1. The Labute approximate surface area is 195 Å². The topological polar surface area (TPSA) is 118 Å². The molecule has 9 nitrogen and oxygen atoms in total. The number of nitrogens with zero attached hydrogens (tertiary/aromatic N) is 2. The molecule has 10 heteroatoms. The quantitative estimate of drug-likeness (QED) is 0.233. The van der Waals surface area contributed by atoms with Gasteiger partial charge in [0.1, 0.15) is 21.3 Å². The summed E-state index contributed by atoms with van der Waals surface area (Å²) >= 11 is 1.14. The van der Waals surface area contributed by atoms with Crippen molar-refractivity contribution in [2.24, 2.45) is 0 Å². The molecule has 33 heavy (non-hydrogen) atoms. The smallest absolute Gasteiger partial charge is 0.348 e. The van der Waals surface area contributed by atoms with Gasteiger partial charge in [0.05, 0.1) is 50.2 Å². The highest BCUT2D eigenvalue weighted by atomic mass is 32.1. The van der Waals surface area contributed by atoms with E-state index in [-0.39, 0.29) is 31.4 Å². The lowest BCUT2D eigenvalue weighted by molar-refractivity contribution is 0.0210. The van der Waals surface area contributed by atoms with Gasteiger partial charge in [0.2, 0.25) is 0 Å². The standard InChI is InChI=1S/C23H29N3O6S/c1-5-8-30-13-16(27)10-26(11-17-7-6-9-31-17)12-18-24-21(28)19-15(4)20(33-22(19)25-18)23(29)32-14(2)3/h5-7,9,14,16,27H,1,8,10-13H2,2-4H3,(H,24,25,28)/t16-/m0/s1. The van der Waals surface area contributed by atoms with Gasteiger partial charge < -0.3 is 24.0 Å². The maximum absolute atomic E-state index is 12.8. The zero-order valence-corrected chi connectivity index (χ0v) is 19.8. The third kappa shape index (κ3) is 6.61. The van der Waals surface area contributed by atoms with Gasteiger partial charge in [-0.3, -0.25) is 9.69 Å². The lowest BCUT2D eigenvalue weighted by Crippen LogP contribution is -2.35. The Hall–Kier alpha value is -2.79. The number of aromatic nitrogens is 2. The molecule has 0 radical (unpaired) electrons. The summed E-state index contributed by atoms with van der Waals surface area (Å²) in [6.07, 6.45) is 2.18. The summed E-state index contributed by atoms with van der Waals surface area (Å²) in [7, 11) is 0. The van der Waals surface area contributed by atoms with E-state index in [0.717, 1.165) is 11.3 Å². The number of carbonyl (C=O) groups excluding carboxylic acids is 1. The largest absolute Gasteiger partial charge is 0.468 e. The van der Waals surface area contributed by atoms with E-state index in [4.69, 9.17) is 13.9 Å². The van der Waals surface area contributed by atoms with E-state index in [9.17, 15) is 14.7 Å². The zero-order valence-electron chi connectivity index (χ0n) is 19.0. The Morgan fingerprint density at radius 2 is 2.21 bits per heavy atom. The van der Waals surface area contributed by atoms with Gasteiger partial charge in [0, 0.05) is 6.54 Å². The van der Waals surface area contributed by atoms with Crippen LogP contribution in [0.3, 0.4) is 0 Å². The Bertz CT molecular complexity index is 1140. The number of H-pyrrole nitrogens is 1. The van der Waals surface area contributed by atoms with Crippen molar-refractivity contribution in [3.05, 3.63) is 63.4 Å². The first-order chi connectivity index (χ1) is 15.8. The SMILES string of the molecule is C=CCOC[C@@H](O)CN(Cc1nc2sc(C(=O)OC(C)C)c(C)c2c(=O)[nH]1)Cc1ccco1. The number of aliphatic hydroxyl groups is 1. The minimum Gasteiger partial charge on any atom is -0.468 e. The average molecular weight is 476 g/mol. The molecule has 178 valence electrons. The number of furan rings is 1. The lowest BCUT2D eigenvalue weighted by atomic mass is 10.2. The van der Waals surface area contributed by atoms with Crippen LogP contribution in [0.25, 0.3) is 10.2 Å². The maximum Gasteiger partial charge on any atom is 0.348 e. The molecule has 0 aliphatic rings. The summed E-state index contributed by atoms with van der Waals surface area (Å²) in [5.41, 5.74) is 0.239. The van der Waals surface area contributed by atoms with Crippen LogP contribution in [0.15, 0.2) is 40.3 Å². The van der Waals surface area contributed by atoms with Gasteiger partial charge in [-0.1, -0.05) is 6.08 Å². The third-order valence-electron chi connectivity index (χ3n) is 4.73. The van der Waals surface area contributed by atoms with Gasteiger partial charge in [-0.15, -0.1) is 17.9 Å². The molecule has 0 saturated carbocycles. The number of thiophene rings is 1. The molecule has 0 unspecified atom stereocenters. The minimum absolute atomic E-state index is 0.148. The molecule has 0 aliphatic carbocycles. The summed E-state index contributed by atoms with van der Waals surface area (Å²) < 4.78 is 16.1. The predicted molar refractivity (Wildman–Crippen MR) is 125 cm³/mol. The van der Waals surface area contributed by atoms with Crippen molar-refractivity contribution in [3.8, 4) is 0 Å².